The van der Waals surface area contributed by atoms with Gasteiger partial charge in [-0.05, 0) is 20.8 Å². The standard InChI is InChI=1S/C15H23N3O2/c1-14(2,3)12-16-7-10-8-18(9-11(10)17-12)13(19)20-15(4,5)6/h7H,8-9H2,1-6H3. The summed E-state index contributed by atoms with van der Waals surface area (Å²) in [5, 5.41) is 0. The van der Waals surface area contributed by atoms with E-state index in [0.29, 0.717) is 13.1 Å². The van der Waals surface area contributed by atoms with E-state index in [9.17, 15) is 4.79 Å². The first kappa shape index (κ1) is 14.8. The molecule has 0 unspecified atom stereocenters. The molecule has 5 heteroatoms. The largest absolute Gasteiger partial charge is 0.444 e. The van der Waals surface area contributed by atoms with Crippen LogP contribution in [0.5, 0.6) is 0 Å². The SMILES string of the molecule is CC(C)(C)OC(=O)N1Cc2cnc(C(C)(C)C)nc2C1. The maximum atomic E-state index is 12.1. The number of ether oxygens (including phenoxy) is 1. The molecule has 1 amide bonds. The van der Waals surface area contributed by atoms with Crippen LogP contribution < -0.4 is 0 Å². The molecule has 2 heterocycles. The Morgan fingerprint density at radius 1 is 1.20 bits per heavy atom. The third kappa shape index (κ3) is 3.26. The number of carbonyl (C=O) groups is 1. The number of nitrogens with zero attached hydrogens (tertiary/aromatic N) is 3. The third-order valence-electron chi connectivity index (χ3n) is 2.98. The van der Waals surface area contributed by atoms with Crippen LogP contribution >= 0.6 is 0 Å². The number of rotatable bonds is 0. The van der Waals surface area contributed by atoms with E-state index in [-0.39, 0.29) is 11.5 Å². The molecule has 0 N–H and O–H groups in total. The van der Waals surface area contributed by atoms with Gasteiger partial charge >= 0.3 is 6.09 Å². The van der Waals surface area contributed by atoms with Crippen molar-refractivity contribution in [1.82, 2.24) is 14.9 Å². The zero-order chi connectivity index (χ0) is 15.1. The molecular formula is C15H23N3O2. The summed E-state index contributed by atoms with van der Waals surface area (Å²) in [6, 6.07) is 0. The Bertz CT molecular complexity index is 527. The Morgan fingerprint density at radius 3 is 2.40 bits per heavy atom. The molecule has 2 rings (SSSR count). The molecule has 110 valence electrons. The van der Waals surface area contributed by atoms with Crippen LogP contribution in [-0.2, 0) is 23.2 Å². The van der Waals surface area contributed by atoms with E-state index in [2.05, 4.69) is 30.7 Å². The van der Waals surface area contributed by atoms with Crippen LogP contribution in [-0.4, -0.2) is 26.6 Å². The molecular weight excluding hydrogens is 254 g/mol. The van der Waals surface area contributed by atoms with Crippen LogP contribution in [0.3, 0.4) is 0 Å². The minimum Gasteiger partial charge on any atom is -0.444 e. The fourth-order valence-corrected chi connectivity index (χ4v) is 1.97. The molecule has 0 atom stereocenters. The Kier molecular flexibility index (Phi) is 3.48. The second-order valence-corrected chi connectivity index (χ2v) is 7.25. The van der Waals surface area contributed by atoms with Crippen molar-refractivity contribution in [1.29, 1.82) is 0 Å². The average molecular weight is 277 g/mol. The summed E-state index contributed by atoms with van der Waals surface area (Å²) in [4.78, 5) is 22.7. The lowest BCUT2D eigenvalue weighted by Crippen LogP contribution is -2.33. The van der Waals surface area contributed by atoms with Gasteiger partial charge in [-0.3, -0.25) is 4.90 Å². The van der Waals surface area contributed by atoms with Crippen molar-refractivity contribution in [3.05, 3.63) is 23.3 Å². The van der Waals surface area contributed by atoms with Crippen molar-refractivity contribution in [3.63, 3.8) is 0 Å². The van der Waals surface area contributed by atoms with Gasteiger partial charge in [-0.25, -0.2) is 14.8 Å². The molecule has 0 bridgehead atoms. The summed E-state index contributed by atoms with van der Waals surface area (Å²) in [7, 11) is 0. The van der Waals surface area contributed by atoms with Gasteiger partial charge in [0.1, 0.15) is 11.4 Å². The topological polar surface area (TPSA) is 55.3 Å². The second kappa shape index (κ2) is 4.72. The van der Waals surface area contributed by atoms with E-state index in [1.54, 1.807) is 4.90 Å². The highest BCUT2D eigenvalue weighted by Gasteiger charge is 2.30. The number of hydrogen-bond acceptors (Lipinski definition) is 4. The normalized spacial score (nSPS) is 15.2. The van der Waals surface area contributed by atoms with Gasteiger partial charge in [0, 0.05) is 17.2 Å². The lowest BCUT2D eigenvalue weighted by Gasteiger charge is -2.23. The van der Waals surface area contributed by atoms with Gasteiger partial charge in [-0.15, -0.1) is 0 Å². The zero-order valence-corrected chi connectivity index (χ0v) is 13.1. The van der Waals surface area contributed by atoms with Gasteiger partial charge in [0.15, 0.2) is 0 Å². The quantitative estimate of drug-likeness (QED) is 0.731. The molecule has 0 aliphatic carbocycles. The Balaban J connectivity index is 2.14. The van der Waals surface area contributed by atoms with Gasteiger partial charge in [0.05, 0.1) is 18.8 Å². The van der Waals surface area contributed by atoms with Crippen molar-refractivity contribution in [2.24, 2.45) is 0 Å². The summed E-state index contributed by atoms with van der Waals surface area (Å²) in [6.45, 7) is 12.9. The monoisotopic (exact) mass is 277 g/mol. The minimum atomic E-state index is -0.478. The molecule has 5 nitrogen and oxygen atoms in total. The Labute approximate surface area is 120 Å². The van der Waals surface area contributed by atoms with Crippen LogP contribution in [0.1, 0.15) is 58.6 Å². The average Bonchev–Trinajstić information content (AvgIpc) is 2.67. The zero-order valence-electron chi connectivity index (χ0n) is 13.1. The van der Waals surface area contributed by atoms with Gasteiger partial charge < -0.3 is 4.74 Å². The molecule has 0 saturated heterocycles. The number of amides is 1. The van der Waals surface area contributed by atoms with E-state index in [0.717, 1.165) is 17.1 Å². The van der Waals surface area contributed by atoms with E-state index in [4.69, 9.17) is 4.74 Å². The molecule has 0 spiro atoms. The van der Waals surface area contributed by atoms with Gasteiger partial charge in [-0.1, -0.05) is 20.8 Å². The van der Waals surface area contributed by atoms with Crippen molar-refractivity contribution < 1.29 is 9.53 Å². The highest BCUT2D eigenvalue weighted by Crippen LogP contribution is 2.25. The number of fused-ring (bicyclic) bond motifs is 1. The maximum absolute atomic E-state index is 12.1. The maximum Gasteiger partial charge on any atom is 0.410 e. The van der Waals surface area contributed by atoms with E-state index < -0.39 is 5.60 Å². The lowest BCUT2D eigenvalue weighted by molar-refractivity contribution is 0.0240. The molecule has 20 heavy (non-hydrogen) atoms. The molecule has 0 fully saturated rings. The fraction of sp³-hybridized carbons (Fsp3) is 0.667. The summed E-state index contributed by atoms with van der Waals surface area (Å²) in [5.41, 5.74) is 1.36. The second-order valence-electron chi connectivity index (χ2n) is 7.25. The molecule has 1 aliphatic heterocycles. The van der Waals surface area contributed by atoms with E-state index >= 15 is 0 Å². The molecule has 1 aromatic rings. The molecule has 0 saturated carbocycles. The van der Waals surface area contributed by atoms with Crippen LogP contribution in [0.4, 0.5) is 4.79 Å². The van der Waals surface area contributed by atoms with Crippen molar-refractivity contribution in [2.75, 3.05) is 0 Å². The molecule has 1 aliphatic rings. The predicted octanol–water partition coefficient (Wildman–Crippen LogP) is 3.02. The first-order valence-electron chi connectivity index (χ1n) is 6.89. The first-order valence-corrected chi connectivity index (χ1v) is 6.89. The van der Waals surface area contributed by atoms with Gasteiger partial charge in [0.25, 0.3) is 0 Å². The van der Waals surface area contributed by atoms with E-state index in [1.807, 2.05) is 27.0 Å². The molecule has 0 aromatic carbocycles. The first-order chi connectivity index (χ1) is 9.06. The summed E-state index contributed by atoms with van der Waals surface area (Å²) in [6.07, 6.45) is 1.53. The minimum absolute atomic E-state index is 0.0889. The Hall–Kier alpha value is -1.65. The van der Waals surface area contributed by atoms with Crippen LogP contribution in [0, 0.1) is 0 Å². The smallest absolute Gasteiger partial charge is 0.410 e. The van der Waals surface area contributed by atoms with Crippen molar-refractivity contribution in [2.45, 2.75) is 65.6 Å². The third-order valence-corrected chi connectivity index (χ3v) is 2.98. The summed E-state index contributed by atoms with van der Waals surface area (Å²) in [5.74, 6) is 0.808. The summed E-state index contributed by atoms with van der Waals surface area (Å²) < 4.78 is 5.39. The molecule has 0 radical (unpaired) electrons. The lowest BCUT2D eigenvalue weighted by atomic mass is 9.95. The number of carbonyl (C=O) groups excluding carboxylic acids is 1. The van der Waals surface area contributed by atoms with Crippen LogP contribution in [0.2, 0.25) is 0 Å². The van der Waals surface area contributed by atoms with Gasteiger partial charge in [0.2, 0.25) is 0 Å². The van der Waals surface area contributed by atoms with Crippen molar-refractivity contribution >= 4 is 6.09 Å². The highest BCUT2D eigenvalue weighted by atomic mass is 16.6. The van der Waals surface area contributed by atoms with Crippen LogP contribution in [0.15, 0.2) is 6.20 Å². The van der Waals surface area contributed by atoms with Crippen molar-refractivity contribution in [3.8, 4) is 0 Å². The molecule has 1 aromatic heterocycles. The highest BCUT2D eigenvalue weighted by molar-refractivity contribution is 5.69. The van der Waals surface area contributed by atoms with E-state index in [1.165, 1.54) is 0 Å². The predicted molar refractivity (Wildman–Crippen MR) is 76.2 cm³/mol. The van der Waals surface area contributed by atoms with Crippen LogP contribution in [0.25, 0.3) is 0 Å². The number of hydrogen-bond donors (Lipinski definition) is 0. The summed E-state index contributed by atoms with van der Waals surface area (Å²) >= 11 is 0. The Morgan fingerprint density at radius 2 is 1.85 bits per heavy atom. The van der Waals surface area contributed by atoms with Gasteiger partial charge in [-0.2, -0.15) is 0 Å². The number of aromatic nitrogens is 2. The fourth-order valence-electron chi connectivity index (χ4n) is 1.97.